The summed E-state index contributed by atoms with van der Waals surface area (Å²) in [6.45, 7) is 4.45. The maximum Gasteiger partial charge on any atom is 0.178 e. The standard InChI is InChI=1S/C18H19NO2/c1-17(2)12-18(8-14(10-19)16(17)20)9-15(11-21-18)13-6-4-3-5-7-13/h3-8,15H,9,11-12H2,1-2H3. The molecule has 2 atom stereocenters. The molecule has 0 N–H and O–H groups in total. The summed E-state index contributed by atoms with van der Waals surface area (Å²) >= 11 is 0. The number of rotatable bonds is 1. The van der Waals surface area contributed by atoms with Gasteiger partial charge in [0.25, 0.3) is 0 Å². The Morgan fingerprint density at radius 1 is 1.29 bits per heavy atom. The van der Waals surface area contributed by atoms with Crippen molar-refractivity contribution in [2.75, 3.05) is 6.61 Å². The van der Waals surface area contributed by atoms with Crippen LogP contribution in [0.2, 0.25) is 0 Å². The van der Waals surface area contributed by atoms with Gasteiger partial charge in [-0.3, -0.25) is 4.79 Å². The molecule has 108 valence electrons. The van der Waals surface area contributed by atoms with Crippen molar-refractivity contribution in [3.8, 4) is 6.07 Å². The molecule has 1 fully saturated rings. The Kier molecular flexibility index (Phi) is 3.22. The van der Waals surface area contributed by atoms with Crippen molar-refractivity contribution in [2.24, 2.45) is 5.41 Å². The maximum atomic E-state index is 12.2. The van der Waals surface area contributed by atoms with Crippen LogP contribution in [0.25, 0.3) is 0 Å². The van der Waals surface area contributed by atoms with Gasteiger partial charge >= 0.3 is 0 Å². The molecule has 1 spiro atoms. The molecule has 0 amide bonds. The molecule has 0 saturated carbocycles. The molecule has 1 aromatic rings. The number of hydrogen-bond acceptors (Lipinski definition) is 3. The lowest BCUT2D eigenvalue weighted by molar-refractivity contribution is -0.127. The Labute approximate surface area is 125 Å². The molecule has 3 rings (SSSR count). The first-order valence-corrected chi connectivity index (χ1v) is 7.32. The first kappa shape index (κ1) is 14.0. The van der Waals surface area contributed by atoms with Crippen molar-refractivity contribution >= 4 is 5.78 Å². The van der Waals surface area contributed by atoms with E-state index in [9.17, 15) is 10.1 Å². The number of ketones is 1. The third-order valence-corrected chi connectivity index (χ3v) is 4.56. The third kappa shape index (κ3) is 2.41. The van der Waals surface area contributed by atoms with E-state index in [-0.39, 0.29) is 11.4 Å². The van der Waals surface area contributed by atoms with E-state index in [4.69, 9.17) is 4.74 Å². The van der Waals surface area contributed by atoms with Crippen LogP contribution < -0.4 is 0 Å². The van der Waals surface area contributed by atoms with Crippen LogP contribution in [0.4, 0.5) is 0 Å². The summed E-state index contributed by atoms with van der Waals surface area (Å²) in [6, 6.07) is 12.3. The third-order valence-electron chi connectivity index (χ3n) is 4.56. The molecule has 1 heterocycles. The number of carbonyl (C=O) groups excluding carboxylic acids is 1. The number of carbonyl (C=O) groups is 1. The Bertz CT molecular complexity index is 639. The number of ether oxygens (including phenoxy) is 1. The number of benzene rings is 1. The van der Waals surface area contributed by atoms with E-state index in [1.165, 1.54) is 5.56 Å². The van der Waals surface area contributed by atoms with E-state index >= 15 is 0 Å². The zero-order valence-corrected chi connectivity index (χ0v) is 12.4. The van der Waals surface area contributed by atoms with Gasteiger partial charge in [0.2, 0.25) is 0 Å². The fourth-order valence-corrected chi connectivity index (χ4v) is 3.62. The van der Waals surface area contributed by atoms with Gasteiger partial charge in [0, 0.05) is 11.3 Å². The quantitative estimate of drug-likeness (QED) is 0.793. The van der Waals surface area contributed by atoms with Gasteiger partial charge in [-0.2, -0.15) is 5.26 Å². The van der Waals surface area contributed by atoms with Crippen LogP contribution in [0, 0.1) is 16.7 Å². The number of allylic oxidation sites excluding steroid dienone is 1. The van der Waals surface area contributed by atoms with Gasteiger partial charge in [0.1, 0.15) is 6.07 Å². The molecular weight excluding hydrogens is 262 g/mol. The zero-order chi connectivity index (χ0) is 15.1. The lowest BCUT2D eigenvalue weighted by Gasteiger charge is -2.38. The van der Waals surface area contributed by atoms with Crippen LogP contribution in [0.3, 0.4) is 0 Å². The minimum atomic E-state index is -0.536. The highest BCUT2D eigenvalue weighted by atomic mass is 16.5. The molecule has 1 aliphatic carbocycles. The minimum Gasteiger partial charge on any atom is -0.370 e. The van der Waals surface area contributed by atoms with Gasteiger partial charge in [-0.25, -0.2) is 0 Å². The summed E-state index contributed by atoms with van der Waals surface area (Å²) in [6.07, 6.45) is 3.25. The van der Waals surface area contributed by atoms with E-state index in [0.717, 1.165) is 6.42 Å². The Hall–Kier alpha value is -1.92. The van der Waals surface area contributed by atoms with Gasteiger partial charge in [-0.1, -0.05) is 44.2 Å². The molecule has 21 heavy (non-hydrogen) atoms. The van der Waals surface area contributed by atoms with Crippen LogP contribution in [0.15, 0.2) is 42.0 Å². The molecule has 2 aliphatic rings. The van der Waals surface area contributed by atoms with E-state index in [1.54, 1.807) is 6.08 Å². The first-order valence-electron chi connectivity index (χ1n) is 7.32. The summed E-state index contributed by atoms with van der Waals surface area (Å²) in [5.74, 6) is 0.258. The fraction of sp³-hybridized carbons (Fsp3) is 0.444. The second kappa shape index (κ2) is 4.82. The van der Waals surface area contributed by atoms with E-state index < -0.39 is 11.0 Å². The van der Waals surface area contributed by atoms with Crippen molar-refractivity contribution in [3.63, 3.8) is 0 Å². The lowest BCUT2D eigenvalue weighted by atomic mass is 9.68. The topological polar surface area (TPSA) is 50.1 Å². The summed E-state index contributed by atoms with van der Waals surface area (Å²) in [4.78, 5) is 12.2. The Morgan fingerprint density at radius 2 is 2.00 bits per heavy atom. The van der Waals surface area contributed by atoms with Gasteiger partial charge in [-0.05, 0) is 24.5 Å². The summed E-state index contributed by atoms with van der Waals surface area (Å²) in [7, 11) is 0. The van der Waals surface area contributed by atoms with Gasteiger partial charge in [0.05, 0.1) is 17.8 Å². The van der Waals surface area contributed by atoms with Crippen molar-refractivity contribution in [3.05, 3.63) is 47.5 Å². The van der Waals surface area contributed by atoms with Gasteiger partial charge in [0.15, 0.2) is 5.78 Å². The highest BCUT2D eigenvalue weighted by molar-refractivity contribution is 6.03. The van der Waals surface area contributed by atoms with E-state index in [2.05, 4.69) is 12.1 Å². The fourth-order valence-electron chi connectivity index (χ4n) is 3.62. The largest absolute Gasteiger partial charge is 0.370 e. The predicted molar refractivity (Wildman–Crippen MR) is 79.6 cm³/mol. The molecule has 1 saturated heterocycles. The molecule has 3 nitrogen and oxygen atoms in total. The average Bonchev–Trinajstić information content (AvgIpc) is 2.87. The number of nitrogens with zero attached hydrogens (tertiary/aromatic N) is 1. The van der Waals surface area contributed by atoms with Crippen LogP contribution in [0.1, 0.15) is 38.2 Å². The number of hydrogen-bond donors (Lipinski definition) is 0. The number of Topliss-reactive ketones (excluding diaryl/α,β-unsaturated/α-hetero) is 1. The van der Waals surface area contributed by atoms with Gasteiger partial charge < -0.3 is 4.74 Å². The van der Waals surface area contributed by atoms with Crippen molar-refractivity contribution in [2.45, 2.75) is 38.2 Å². The molecule has 0 aromatic heterocycles. The average molecular weight is 281 g/mol. The van der Waals surface area contributed by atoms with Crippen LogP contribution in [-0.2, 0) is 9.53 Å². The lowest BCUT2D eigenvalue weighted by Crippen LogP contribution is -2.42. The van der Waals surface area contributed by atoms with Crippen molar-refractivity contribution < 1.29 is 9.53 Å². The molecular formula is C18H19NO2. The SMILES string of the molecule is CC1(C)CC2(C=C(C#N)C1=O)CC(c1ccccc1)CO2. The second-order valence-corrected chi connectivity index (χ2v) is 6.75. The van der Waals surface area contributed by atoms with Crippen molar-refractivity contribution in [1.82, 2.24) is 0 Å². The second-order valence-electron chi connectivity index (χ2n) is 6.75. The molecule has 0 bridgehead atoms. The highest BCUT2D eigenvalue weighted by Crippen LogP contribution is 2.48. The minimum absolute atomic E-state index is 0.0672. The number of nitriles is 1. The maximum absolute atomic E-state index is 12.2. The predicted octanol–water partition coefficient (Wildman–Crippen LogP) is 3.38. The van der Waals surface area contributed by atoms with E-state index in [1.807, 2.05) is 38.1 Å². The zero-order valence-electron chi connectivity index (χ0n) is 12.4. The molecule has 2 unspecified atom stereocenters. The summed E-state index contributed by atoms with van der Waals surface area (Å²) < 4.78 is 6.08. The van der Waals surface area contributed by atoms with Crippen LogP contribution in [0.5, 0.6) is 0 Å². The molecule has 3 heteroatoms. The smallest absolute Gasteiger partial charge is 0.178 e. The van der Waals surface area contributed by atoms with Crippen LogP contribution >= 0.6 is 0 Å². The summed E-state index contributed by atoms with van der Waals surface area (Å²) in [5, 5.41) is 9.23. The normalized spacial score (nSPS) is 31.0. The molecule has 1 aliphatic heterocycles. The highest BCUT2D eigenvalue weighted by Gasteiger charge is 2.49. The monoisotopic (exact) mass is 281 g/mol. The van der Waals surface area contributed by atoms with Crippen LogP contribution in [-0.4, -0.2) is 18.0 Å². The Morgan fingerprint density at radius 3 is 2.67 bits per heavy atom. The van der Waals surface area contributed by atoms with Crippen molar-refractivity contribution in [1.29, 1.82) is 5.26 Å². The molecule has 0 radical (unpaired) electrons. The van der Waals surface area contributed by atoms with E-state index in [0.29, 0.717) is 18.9 Å². The molecule has 1 aromatic carbocycles. The first-order chi connectivity index (χ1) is 9.96. The summed E-state index contributed by atoms with van der Waals surface area (Å²) in [5.41, 5.74) is 0.505. The Balaban J connectivity index is 1.92. The van der Waals surface area contributed by atoms with Gasteiger partial charge in [-0.15, -0.1) is 0 Å².